The zero-order chi connectivity index (χ0) is 10.9. The van der Waals surface area contributed by atoms with Crippen molar-refractivity contribution in [1.82, 2.24) is 0 Å². The first-order chi connectivity index (χ1) is 7.33. The van der Waals surface area contributed by atoms with Crippen LogP contribution in [0.25, 0.3) is 0 Å². The van der Waals surface area contributed by atoms with E-state index in [0.29, 0.717) is 6.10 Å². The standard InChI is InChI=1S/C14H26O/c1-3-4-5-6-7-8-9-10-14-12-11-13(2)15-14/h14H,2-12H2,1H3. The fourth-order valence-electron chi connectivity index (χ4n) is 2.21. The number of hydrogen-bond donors (Lipinski definition) is 0. The van der Waals surface area contributed by atoms with Crippen LogP contribution >= 0.6 is 0 Å². The highest BCUT2D eigenvalue weighted by Gasteiger charge is 2.17. The predicted octanol–water partition coefficient (Wildman–Crippen LogP) is 4.82. The lowest BCUT2D eigenvalue weighted by atomic mass is 10.1. The number of allylic oxidation sites excluding steroid dienone is 1. The summed E-state index contributed by atoms with van der Waals surface area (Å²) in [5, 5.41) is 0. The zero-order valence-corrected chi connectivity index (χ0v) is 10.3. The van der Waals surface area contributed by atoms with Crippen molar-refractivity contribution in [2.45, 2.75) is 77.2 Å². The smallest absolute Gasteiger partial charge is 0.0986 e. The first kappa shape index (κ1) is 12.6. The molecule has 1 fully saturated rings. The average molecular weight is 210 g/mol. The van der Waals surface area contributed by atoms with Crippen LogP contribution in [0.2, 0.25) is 0 Å². The van der Waals surface area contributed by atoms with E-state index in [1.807, 2.05) is 0 Å². The molecule has 0 N–H and O–H groups in total. The van der Waals surface area contributed by atoms with Gasteiger partial charge in [0.25, 0.3) is 0 Å². The van der Waals surface area contributed by atoms with E-state index in [-0.39, 0.29) is 0 Å². The van der Waals surface area contributed by atoms with E-state index in [4.69, 9.17) is 4.74 Å². The monoisotopic (exact) mass is 210 g/mol. The summed E-state index contributed by atoms with van der Waals surface area (Å²) in [4.78, 5) is 0. The van der Waals surface area contributed by atoms with Gasteiger partial charge in [0, 0.05) is 6.42 Å². The highest BCUT2D eigenvalue weighted by Crippen LogP contribution is 2.25. The second-order valence-electron chi connectivity index (χ2n) is 4.73. The molecule has 0 radical (unpaired) electrons. The highest BCUT2D eigenvalue weighted by molar-refractivity contribution is 4.90. The van der Waals surface area contributed by atoms with Gasteiger partial charge in [-0.15, -0.1) is 0 Å². The minimum absolute atomic E-state index is 0.494. The van der Waals surface area contributed by atoms with Gasteiger partial charge in [-0.1, -0.05) is 52.0 Å². The minimum Gasteiger partial charge on any atom is -0.495 e. The van der Waals surface area contributed by atoms with Crippen LogP contribution in [0.1, 0.15) is 71.1 Å². The molecule has 0 bridgehead atoms. The van der Waals surface area contributed by atoms with Crippen LogP contribution in [-0.2, 0) is 4.74 Å². The van der Waals surface area contributed by atoms with Gasteiger partial charge in [0.1, 0.15) is 0 Å². The Morgan fingerprint density at radius 1 is 1.13 bits per heavy atom. The summed E-state index contributed by atoms with van der Waals surface area (Å²) in [7, 11) is 0. The fourth-order valence-corrected chi connectivity index (χ4v) is 2.21. The molecule has 1 heterocycles. The topological polar surface area (TPSA) is 9.23 Å². The van der Waals surface area contributed by atoms with Crippen molar-refractivity contribution < 1.29 is 4.74 Å². The third-order valence-electron chi connectivity index (χ3n) is 3.21. The Balaban J connectivity index is 1.83. The quantitative estimate of drug-likeness (QED) is 0.522. The molecule has 1 heteroatoms. The maximum Gasteiger partial charge on any atom is 0.0986 e. The molecule has 15 heavy (non-hydrogen) atoms. The lowest BCUT2D eigenvalue weighted by Crippen LogP contribution is -2.03. The lowest BCUT2D eigenvalue weighted by Gasteiger charge is -2.09. The van der Waals surface area contributed by atoms with Crippen molar-refractivity contribution in [2.75, 3.05) is 0 Å². The summed E-state index contributed by atoms with van der Waals surface area (Å²) in [6.07, 6.45) is 13.8. The lowest BCUT2D eigenvalue weighted by molar-refractivity contribution is 0.149. The van der Waals surface area contributed by atoms with Crippen LogP contribution in [0.15, 0.2) is 12.3 Å². The Labute approximate surface area is 94.9 Å². The van der Waals surface area contributed by atoms with Crippen LogP contribution < -0.4 is 0 Å². The molecule has 0 amide bonds. The van der Waals surface area contributed by atoms with Gasteiger partial charge in [0.2, 0.25) is 0 Å². The molecule has 1 aliphatic rings. The normalized spacial score (nSPS) is 20.6. The number of hydrogen-bond acceptors (Lipinski definition) is 1. The molecule has 0 saturated carbocycles. The Bertz CT molecular complexity index is 174. The number of unbranched alkanes of at least 4 members (excludes halogenated alkanes) is 6. The molecule has 1 unspecified atom stereocenters. The number of rotatable bonds is 8. The van der Waals surface area contributed by atoms with Crippen LogP contribution in [0.4, 0.5) is 0 Å². The zero-order valence-electron chi connectivity index (χ0n) is 10.3. The van der Waals surface area contributed by atoms with Crippen LogP contribution in [0, 0.1) is 0 Å². The Morgan fingerprint density at radius 3 is 2.40 bits per heavy atom. The highest BCUT2D eigenvalue weighted by atomic mass is 16.5. The maximum absolute atomic E-state index is 5.61. The van der Waals surface area contributed by atoms with E-state index in [9.17, 15) is 0 Å². The molecule has 1 aliphatic heterocycles. The van der Waals surface area contributed by atoms with Gasteiger partial charge < -0.3 is 4.74 Å². The molecule has 0 aromatic heterocycles. The third kappa shape index (κ3) is 5.86. The van der Waals surface area contributed by atoms with E-state index in [1.165, 1.54) is 57.8 Å². The van der Waals surface area contributed by atoms with Gasteiger partial charge in [0.15, 0.2) is 0 Å². The van der Waals surface area contributed by atoms with Crippen molar-refractivity contribution in [1.29, 1.82) is 0 Å². The molecule has 0 aromatic carbocycles. The summed E-state index contributed by atoms with van der Waals surface area (Å²) < 4.78 is 5.61. The van der Waals surface area contributed by atoms with Crippen LogP contribution in [0.3, 0.4) is 0 Å². The first-order valence-electron chi connectivity index (χ1n) is 6.67. The first-order valence-corrected chi connectivity index (χ1v) is 6.67. The minimum atomic E-state index is 0.494. The predicted molar refractivity (Wildman–Crippen MR) is 65.9 cm³/mol. The molecule has 0 aromatic rings. The summed E-state index contributed by atoms with van der Waals surface area (Å²) in [6, 6.07) is 0. The fraction of sp³-hybridized carbons (Fsp3) is 0.857. The van der Waals surface area contributed by atoms with Gasteiger partial charge in [-0.25, -0.2) is 0 Å². The van der Waals surface area contributed by atoms with Gasteiger partial charge in [-0.3, -0.25) is 0 Å². The van der Waals surface area contributed by atoms with Crippen molar-refractivity contribution in [2.24, 2.45) is 0 Å². The molecule has 0 aliphatic carbocycles. The second-order valence-corrected chi connectivity index (χ2v) is 4.73. The van der Waals surface area contributed by atoms with Crippen molar-refractivity contribution in [3.8, 4) is 0 Å². The molecular formula is C14H26O. The molecule has 1 saturated heterocycles. The van der Waals surface area contributed by atoms with Gasteiger partial charge in [0.05, 0.1) is 11.9 Å². The summed E-state index contributed by atoms with van der Waals surface area (Å²) in [5.41, 5.74) is 0. The summed E-state index contributed by atoms with van der Waals surface area (Å²) >= 11 is 0. The Kier molecular flexibility index (Phi) is 6.54. The van der Waals surface area contributed by atoms with Gasteiger partial charge in [-0.05, 0) is 19.3 Å². The van der Waals surface area contributed by atoms with Gasteiger partial charge >= 0.3 is 0 Å². The van der Waals surface area contributed by atoms with E-state index < -0.39 is 0 Å². The SMILES string of the molecule is C=C1CCC(CCCCCCCCC)O1. The number of ether oxygens (including phenoxy) is 1. The average Bonchev–Trinajstić information content (AvgIpc) is 2.63. The van der Waals surface area contributed by atoms with Crippen LogP contribution in [-0.4, -0.2) is 6.10 Å². The molecule has 1 atom stereocenters. The molecular weight excluding hydrogens is 184 g/mol. The second kappa shape index (κ2) is 7.78. The maximum atomic E-state index is 5.61. The Morgan fingerprint density at radius 2 is 1.80 bits per heavy atom. The molecule has 1 nitrogen and oxygen atoms in total. The van der Waals surface area contributed by atoms with Crippen molar-refractivity contribution in [3.05, 3.63) is 12.3 Å². The third-order valence-corrected chi connectivity index (χ3v) is 3.21. The van der Waals surface area contributed by atoms with E-state index >= 15 is 0 Å². The largest absolute Gasteiger partial charge is 0.495 e. The molecule has 88 valence electrons. The van der Waals surface area contributed by atoms with Crippen molar-refractivity contribution >= 4 is 0 Å². The summed E-state index contributed by atoms with van der Waals surface area (Å²) in [5.74, 6) is 1.00. The molecule has 1 rings (SSSR count). The van der Waals surface area contributed by atoms with Crippen molar-refractivity contribution in [3.63, 3.8) is 0 Å². The van der Waals surface area contributed by atoms with Gasteiger partial charge in [-0.2, -0.15) is 0 Å². The van der Waals surface area contributed by atoms with E-state index in [0.717, 1.165) is 12.2 Å². The summed E-state index contributed by atoms with van der Waals surface area (Å²) in [6.45, 7) is 6.13. The van der Waals surface area contributed by atoms with Crippen LogP contribution in [0.5, 0.6) is 0 Å². The van der Waals surface area contributed by atoms with E-state index in [2.05, 4.69) is 13.5 Å². The van der Waals surface area contributed by atoms with E-state index in [1.54, 1.807) is 0 Å². The Hall–Kier alpha value is -0.460. The molecule has 0 spiro atoms.